The van der Waals surface area contributed by atoms with Crippen LogP contribution in [0, 0.1) is 42.4 Å². The second-order valence-corrected chi connectivity index (χ2v) is 38.2. The molecular weight excluding hydrogens is 1840 g/mol. The number of rotatable bonds is 39. The first-order chi connectivity index (χ1) is 68.3. The van der Waals surface area contributed by atoms with Crippen molar-refractivity contribution >= 4 is 68.7 Å². The average molecular weight is 1980 g/mol. The number of anilines is 2. The van der Waals surface area contributed by atoms with Crippen LogP contribution in [-0.2, 0) is 118 Å². The Labute approximate surface area is 829 Å². The topological polar surface area (TPSA) is 385 Å². The van der Waals surface area contributed by atoms with Crippen molar-refractivity contribution in [3.05, 3.63) is 160 Å². The Morgan fingerprint density at radius 3 is 2.05 bits per heavy atom. The van der Waals surface area contributed by atoms with Crippen molar-refractivity contribution in [3.63, 3.8) is 0 Å². The van der Waals surface area contributed by atoms with E-state index in [9.17, 15) is 43.8 Å². The van der Waals surface area contributed by atoms with Gasteiger partial charge in [0, 0.05) is 164 Å². The summed E-state index contributed by atoms with van der Waals surface area (Å²) in [5.74, 6) is -8.08. The second kappa shape index (κ2) is 54.1. The number of piperazine rings is 1. The quantitative estimate of drug-likeness (QED) is 0.0139. The molecule has 2 amide bonds. The third-order valence-electron chi connectivity index (χ3n) is 27.8. The number of hydrogen-bond donors (Lipinski definition) is 3. The van der Waals surface area contributed by atoms with Crippen LogP contribution in [0.5, 0.6) is 0 Å². The zero-order valence-corrected chi connectivity index (χ0v) is 84.2. The Balaban J connectivity index is 0.484. The molecule has 15 atom stereocenters. The van der Waals surface area contributed by atoms with Gasteiger partial charge in [0.05, 0.1) is 150 Å². The van der Waals surface area contributed by atoms with Gasteiger partial charge < -0.3 is 87.1 Å². The first-order valence-electron chi connectivity index (χ1n) is 50.0. The maximum Gasteiger partial charge on any atom is 0.418 e. The molecule has 1 saturated carbocycles. The molecule has 2 bridgehead atoms. The van der Waals surface area contributed by atoms with Gasteiger partial charge in [-0.15, -0.1) is 5.10 Å². The number of unbranched alkanes of at least 4 members (excludes halogenated alkanes) is 1. The number of methoxy groups -OCH3 is 3. The van der Waals surface area contributed by atoms with Crippen molar-refractivity contribution in [2.75, 3.05) is 150 Å². The Morgan fingerprint density at radius 1 is 0.683 bits per heavy atom. The molecule has 1 aliphatic carbocycles. The molecule has 3 saturated heterocycles. The van der Waals surface area contributed by atoms with Crippen molar-refractivity contribution in [2.24, 2.45) is 42.6 Å². The van der Waals surface area contributed by atoms with Crippen LogP contribution in [0.3, 0.4) is 0 Å². The molecule has 7 aromatic rings. The number of aromatic nitrogens is 9. The molecule has 4 fully saturated rings. The molecule has 3 N–H and O–H groups in total. The number of allylic oxidation sites excluding steroid dienone is 6. The fourth-order valence-corrected chi connectivity index (χ4v) is 19.3. The number of halogens is 3. The standard InChI is InChI=1S/C105H144F3N13O21/c1-68-20-14-13-15-21-69(2)91(131-10)60-82-30-24-74(7)104(130,142-82)99(126)100(127)120-35-18-16-23-87(120)101(128)141-92(61-89(122)70(3)55-73(6)97(125)98(133-12)96(124)72(5)54-68)71(4)56-76-26-33-90(93(57-76)132-11)140-41-19-17-22-80-67-119(115-114-80)40-43-135-45-47-137-49-51-139-53-52-138-50-48-136-46-44-134-42-34-94(123)111-62-77-63-112-102(113-64-77)118-38-36-117(37-39-118)86-32-29-81(59-84(86)105(106,107)108)121-95-83-58-78(79-27-25-75(8)109-65-79)28-31-85(83)110-66-88(95)116(9)103(121)129/h13-15,20-21,25,27-29,31-32,55,58-59,63-68,70-72,74,76,82,87,90-93,97-98,125,130H,16-19,22-24,26,30,33-54,56-57,60-62H2,1-12H3,(H,111,123)/b15-13+,20-14+,69-21+,73-55+/t68-,70-,71-,72-,74-,76+,82+,87+,90-,91+,92+,93-,97-,98+,104-/m1/s1. The van der Waals surface area contributed by atoms with Crippen molar-refractivity contribution in [3.8, 4) is 16.8 Å². The number of cyclic esters (lactones) is 1. The van der Waals surface area contributed by atoms with E-state index in [4.69, 9.17) is 56.8 Å². The average Bonchev–Trinajstić information content (AvgIpc) is 1.58. The van der Waals surface area contributed by atoms with Crippen molar-refractivity contribution in [1.82, 2.24) is 54.3 Å². The number of Topliss-reactive ketones (excluding diaryl/α,β-unsaturated/α-hetero) is 3. The number of carbonyl (C=O) groups is 6. The minimum absolute atomic E-state index is 0.00189. The number of carbonyl (C=O) groups excluding carboxylic acids is 6. The highest BCUT2D eigenvalue weighted by molar-refractivity contribution is 6.39. The van der Waals surface area contributed by atoms with E-state index in [2.05, 4.69) is 35.6 Å². The van der Waals surface area contributed by atoms with Gasteiger partial charge in [-0.2, -0.15) is 13.2 Å². The van der Waals surface area contributed by atoms with Crippen LogP contribution in [0.1, 0.15) is 167 Å². The van der Waals surface area contributed by atoms with Crippen LogP contribution in [-0.4, -0.2) is 289 Å². The van der Waals surface area contributed by atoms with Gasteiger partial charge >= 0.3 is 17.8 Å². The highest BCUT2D eigenvalue weighted by atomic mass is 19.4. The number of nitrogens with zero attached hydrogens (tertiary/aromatic N) is 12. The molecular formula is C105H144F3N13O21. The molecule has 34 nitrogen and oxygen atoms in total. The number of piperidine rings is 1. The van der Waals surface area contributed by atoms with E-state index in [1.807, 2.05) is 106 Å². The second-order valence-electron chi connectivity index (χ2n) is 38.2. The van der Waals surface area contributed by atoms with Gasteiger partial charge in [0.25, 0.3) is 11.7 Å². The molecule has 9 heterocycles. The van der Waals surface area contributed by atoms with Crippen molar-refractivity contribution < 1.29 is 109 Å². The summed E-state index contributed by atoms with van der Waals surface area (Å²) in [7, 11) is 6.21. The fraction of sp³-hybridized carbons (Fsp3) is 0.610. The lowest BCUT2D eigenvalue weighted by atomic mass is 9.78. The predicted octanol–water partition coefficient (Wildman–Crippen LogP) is 12.3. The highest BCUT2D eigenvalue weighted by Gasteiger charge is 2.54. The molecule has 4 aliphatic heterocycles. The number of esters is 1. The monoisotopic (exact) mass is 1980 g/mol. The van der Waals surface area contributed by atoms with Gasteiger partial charge in [-0.1, -0.05) is 88.4 Å². The Kier molecular flexibility index (Phi) is 42.1. The summed E-state index contributed by atoms with van der Waals surface area (Å²) in [6.45, 7) is 21.4. The largest absolute Gasteiger partial charge is 0.460 e. The number of aryl methyl sites for hydroxylation is 3. The number of imidazole rings is 1. The lowest BCUT2D eigenvalue weighted by molar-refractivity contribution is -0.265. The smallest absolute Gasteiger partial charge is 0.418 e. The normalized spacial score (nSPS) is 25.7. The van der Waals surface area contributed by atoms with Gasteiger partial charge in [0.2, 0.25) is 17.6 Å². The summed E-state index contributed by atoms with van der Waals surface area (Å²) in [4.78, 5) is 122. The zero-order chi connectivity index (χ0) is 102. The van der Waals surface area contributed by atoms with Crippen LogP contribution in [0.25, 0.3) is 38.8 Å². The molecule has 5 aromatic heterocycles. The first-order valence-corrected chi connectivity index (χ1v) is 50.0. The molecule has 0 radical (unpaired) electrons. The minimum atomic E-state index is -4.74. The van der Waals surface area contributed by atoms with E-state index in [-0.39, 0.29) is 111 Å². The van der Waals surface area contributed by atoms with E-state index in [0.29, 0.717) is 202 Å². The lowest BCUT2D eigenvalue weighted by Gasteiger charge is -2.42. The van der Waals surface area contributed by atoms with Crippen molar-refractivity contribution in [1.29, 1.82) is 0 Å². The third kappa shape index (κ3) is 30.4. The highest BCUT2D eigenvalue weighted by Crippen LogP contribution is 2.43. The van der Waals surface area contributed by atoms with Gasteiger partial charge in [-0.3, -0.25) is 43.1 Å². The summed E-state index contributed by atoms with van der Waals surface area (Å²) in [6, 6.07) is 12.3. The van der Waals surface area contributed by atoms with Gasteiger partial charge in [0.1, 0.15) is 30.1 Å². The number of aliphatic hydroxyl groups is 2. The summed E-state index contributed by atoms with van der Waals surface area (Å²) >= 11 is 0. The minimum Gasteiger partial charge on any atom is -0.460 e. The van der Waals surface area contributed by atoms with E-state index in [1.54, 1.807) is 88.5 Å². The number of benzene rings is 2. The van der Waals surface area contributed by atoms with Crippen LogP contribution in [0.4, 0.5) is 24.8 Å². The molecule has 5 aliphatic rings. The van der Waals surface area contributed by atoms with Crippen LogP contribution >= 0.6 is 0 Å². The lowest BCUT2D eigenvalue weighted by Crippen LogP contribution is -2.61. The van der Waals surface area contributed by atoms with Crippen LogP contribution < -0.4 is 20.8 Å². The number of nitrogens with one attached hydrogen (secondary N) is 1. The third-order valence-corrected chi connectivity index (χ3v) is 27.8. The number of alkyl halides is 3. The van der Waals surface area contributed by atoms with E-state index in [1.165, 1.54) is 27.2 Å². The molecule has 0 unspecified atom stereocenters. The van der Waals surface area contributed by atoms with Gasteiger partial charge in [-0.25, -0.2) is 24.2 Å². The number of ether oxygens (including phenoxy) is 12. The van der Waals surface area contributed by atoms with Gasteiger partial charge in [-0.05, 0) is 175 Å². The van der Waals surface area contributed by atoms with E-state index in [0.717, 1.165) is 53.4 Å². The maximum absolute atomic E-state index is 15.1. The Bertz CT molecular complexity index is 5470. The first kappa shape index (κ1) is 111. The number of aliphatic hydroxyl groups excluding tert-OH is 1. The zero-order valence-electron chi connectivity index (χ0n) is 84.2. The summed E-state index contributed by atoms with van der Waals surface area (Å²) in [6.07, 6.45) is 17.8. The fourth-order valence-electron chi connectivity index (χ4n) is 19.3. The molecule has 142 heavy (non-hydrogen) atoms. The molecule has 37 heteroatoms. The Morgan fingerprint density at radius 2 is 1.37 bits per heavy atom. The van der Waals surface area contributed by atoms with Crippen LogP contribution in [0.15, 0.2) is 132 Å². The van der Waals surface area contributed by atoms with E-state index < -0.39 is 95.2 Å². The Hall–Kier alpha value is -10.3. The number of amides is 2. The van der Waals surface area contributed by atoms with E-state index >= 15 is 13.2 Å². The number of ketones is 3. The number of hydrogen-bond acceptors (Lipinski definition) is 29. The number of fused-ring (bicyclic) bond motifs is 6. The molecule has 12 rings (SSSR count). The van der Waals surface area contributed by atoms with Gasteiger partial charge in [0.15, 0.2) is 5.78 Å². The summed E-state index contributed by atoms with van der Waals surface area (Å²) < 4.78 is 120. The maximum atomic E-state index is 15.1. The number of pyridine rings is 2. The summed E-state index contributed by atoms with van der Waals surface area (Å²) in [5.41, 5.74) is 5.48. The molecule has 2 aromatic carbocycles. The van der Waals surface area contributed by atoms with Crippen LogP contribution in [0.2, 0.25) is 0 Å². The predicted molar refractivity (Wildman–Crippen MR) is 526 cm³/mol. The van der Waals surface area contributed by atoms with Crippen molar-refractivity contribution in [2.45, 2.75) is 232 Å². The SMILES string of the molecule is CO[C@H]1C[C@@H]2CC[C@@H](C)[C@@](O)(O2)C(=O)C(=O)N2CCCC[C@H]2C(=O)O[C@H]([C@H](C)C[C@@H]2CC[C@@H](OCCCCc3cn(CCOCCOCCOCCOCCOCCOCCC(=O)NCc4cnc(N5CCN(c6ccc(-n7c(=O)n(C)c8cnc9ccc(-c%10ccc(C)nc%10)cc9c87)cc6C(F)(F)F)CC5)nc4)nn3)[C@H](OC)C2)CC(=O)[C@H](C)/C=C(\C)[C@@H](O)[C@@H](OC)C(=O)[C@H](C)C[C@H](C)/C=C/C=C/C=C/1C. The summed E-state index contributed by atoms with van der Waals surface area (Å²) in [5, 5.41) is 36.0. The molecule has 0 spiro atoms. The molecule has 776 valence electrons.